The molecule has 3 aromatic rings. The van der Waals surface area contributed by atoms with E-state index in [0.717, 1.165) is 17.2 Å². The van der Waals surface area contributed by atoms with Gasteiger partial charge in [-0.15, -0.1) is 0 Å². The van der Waals surface area contributed by atoms with Crippen molar-refractivity contribution in [1.82, 2.24) is 4.98 Å². The second-order valence-electron chi connectivity index (χ2n) is 6.40. The molecule has 1 aromatic heterocycles. The van der Waals surface area contributed by atoms with Gasteiger partial charge in [0.2, 0.25) is 5.88 Å². The molecule has 0 N–H and O–H groups in total. The van der Waals surface area contributed by atoms with Gasteiger partial charge in [-0.25, -0.2) is 4.98 Å². The van der Waals surface area contributed by atoms with Crippen molar-refractivity contribution < 1.29 is 23.7 Å². The van der Waals surface area contributed by atoms with E-state index in [4.69, 9.17) is 18.9 Å². The van der Waals surface area contributed by atoms with Crippen molar-refractivity contribution in [2.75, 3.05) is 13.2 Å². The van der Waals surface area contributed by atoms with Crippen LogP contribution in [0.1, 0.15) is 25.5 Å². The molecule has 156 valence electrons. The van der Waals surface area contributed by atoms with E-state index in [1.807, 2.05) is 72.8 Å². The summed E-state index contributed by atoms with van der Waals surface area (Å²) in [5.41, 5.74) is 0.766. The predicted molar refractivity (Wildman–Crippen MR) is 113 cm³/mol. The van der Waals surface area contributed by atoms with E-state index in [0.29, 0.717) is 44.3 Å². The van der Waals surface area contributed by atoms with Crippen LogP contribution in [0.25, 0.3) is 0 Å². The molecule has 0 aliphatic rings. The molecule has 6 heteroatoms. The van der Waals surface area contributed by atoms with Gasteiger partial charge in [-0.1, -0.05) is 24.3 Å². The third kappa shape index (κ3) is 7.13. The normalized spacial score (nSPS) is 10.3. The van der Waals surface area contributed by atoms with E-state index in [9.17, 15) is 4.79 Å². The zero-order chi connectivity index (χ0) is 21.0. The first-order valence-corrected chi connectivity index (χ1v) is 9.93. The Morgan fingerprint density at radius 3 is 2.30 bits per heavy atom. The molecule has 3 rings (SSSR count). The van der Waals surface area contributed by atoms with Gasteiger partial charge in [0.15, 0.2) is 0 Å². The highest BCUT2D eigenvalue weighted by atomic mass is 16.5. The van der Waals surface area contributed by atoms with Crippen molar-refractivity contribution in [1.29, 1.82) is 0 Å². The van der Waals surface area contributed by atoms with Crippen LogP contribution in [0.3, 0.4) is 0 Å². The maximum Gasteiger partial charge on any atom is 0.305 e. The molecular formula is C24H25NO5. The summed E-state index contributed by atoms with van der Waals surface area (Å²) < 4.78 is 22.1. The molecule has 0 bridgehead atoms. The van der Waals surface area contributed by atoms with Crippen molar-refractivity contribution in [3.05, 3.63) is 78.5 Å². The fourth-order valence-electron chi connectivity index (χ4n) is 2.63. The molecule has 0 aliphatic carbocycles. The quantitative estimate of drug-likeness (QED) is 0.322. The number of pyridine rings is 1. The Kier molecular flexibility index (Phi) is 8.09. The largest absolute Gasteiger partial charge is 0.494 e. The minimum absolute atomic E-state index is 0.198. The molecular weight excluding hydrogens is 382 g/mol. The molecule has 0 fully saturated rings. The summed E-state index contributed by atoms with van der Waals surface area (Å²) in [5, 5.41) is 0. The molecule has 0 atom stereocenters. The third-order valence-corrected chi connectivity index (χ3v) is 4.06. The van der Waals surface area contributed by atoms with Crippen molar-refractivity contribution in [2.45, 2.75) is 26.4 Å². The van der Waals surface area contributed by atoms with E-state index < -0.39 is 0 Å². The van der Waals surface area contributed by atoms with Crippen molar-refractivity contribution >= 4 is 5.97 Å². The fourth-order valence-corrected chi connectivity index (χ4v) is 2.63. The van der Waals surface area contributed by atoms with Gasteiger partial charge < -0.3 is 18.9 Å². The summed E-state index contributed by atoms with van der Waals surface area (Å²) >= 11 is 0. The summed E-state index contributed by atoms with van der Waals surface area (Å²) in [5.74, 6) is 2.50. The Morgan fingerprint density at radius 1 is 0.833 bits per heavy atom. The zero-order valence-electron chi connectivity index (χ0n) is 17.0. The number of nitrogens with zero attached hydrogens (tertiary/aromatic N) is 1. The molecule has 0 aliphatic heterocycles. The standard InChI is InChI=1S/C24H25NO5/c1-2-27-24(26)12-7-17-28-20-13-15-21(16-14-20)29-18-19-8-6-11-23(25-19)30-22-9-4-3-5-10-22/h3-6,8-11,13-16H,2,7,12,17-18H2,1H3. The molecule has 0 spiro atoms. The molecule has 6 nitrogen and oxygen atoms in total. The van der Waals surface area contributed by atoms with Gasteiger partial charge in [0.05, 0.1) is 18.9 Å². The molecule has 30 heavy (non-hydrogen) atoms. The Bertz CT molecular complexity index is 912. The Balaban J connectivity index is 1.43. The number of aromatic nitrogens is 1. The SMILES string of the molecule is CCOC(=O)CCCOc1ccc(OCc2cccc(Oc3ccccc3)n2)cc1. The van der Waals surface area contributed by atoms with Gasteiger partial charge in [0.1, 0.15) is 23.9 Å². The summed E-state index contributed by atoms with van der Waals surface area (Å²) in [6.45, 7) is 2.98. The lowest BCUT2D eigenvalue weighted by atomic mass is 10.3. The second-order valence-corrected chi connectivity index (χ2v) is 6.40. The van der Waals surface area contributed by atoms with E-state index in [-0.39, 0.29) is 5.97 Å². The number of ether oxygens (including phenoxy) is 4. The highest BCUT2D eigenvalue weighted by Gasteiger charge is 2.04. The van der Waals surface area contributed by atoms with Crippen LogP contribution in [-0.4, -0.2) is 24.2 Å². The lowest BCUT2D eigenvalue weighted by molar-refractivity contribution is -0.143. The van der Waals surface area contributed by atoms with Gasteiger partial charge >= 0.3 is 5.97 Å². The summed E-state index contributed by atoms with van der Waals surface area (Å²) in [6, 6.07) is 22.5. The average molecular weight is 407 g/mol. The zero-order valence-corrected chi connectivity index (χ0v) is 17.0. The summed E-state index contributed by atoms with van der Waals surface area (Å²) in [7, 11) is 0. The van der Waals surface area contributed by atoms with E-state index in [1.165, 1.54) is 0 Å². The molecule has 2 aromatic carbocycles. The lowest BCUT2D eigenvalue weighted by Gasteiger charge is -2.10. The first kappa shape index (κ1) is 21.2. The maximum absolute atomic E-state index is 11.3. The molecule has 0 saturated heterocycles. The van der Waals surface area contributed by atoms with E-state index >= 15 is 0 Å². The highest BCUT2D eigenvalue weighted by Crippen LogP contribution is 2.21. The number of benzene rings is 2. The van der Waals surface area contributed by atoms with Gasteiger partial charge in [0, 0.05) is 12.5 Å². The van der Waals surface area contributed by atoms with Crippen LogP contribution in [0.5, 0.6) is 23.1 Å². The van der Waals surface area contributed by atoms with Crippen LogP contribution in [-0.2, 0) is 16.1 Å². The minimum atomic E-state index is -0.198. The predicted octanol–water partition coefficient (Wildman–Crippen LogP) is 5.18. The number of carbonyl (C=O) groups is 1. The Hall–Kier alpha value is -3.54. The van der Waals surface area contributed by atoms with E-state index in [2.05, 4.69) is 4.98 Å². The molecule has 1 heterocycles. The van der Waals surface area contributed by atoms with Crippen LogP contribution < -0.4 is 14.2 Å². The number of hydrogen-bond acceptors (Lipinski definition) is 6. The number of para-hydroxylation sites is 1. The number of esters is 1. The molecule has 0 amide bonds. The van der Waals surface area contributed by atoms with Crippen molar-refractivity contribution in [2.24, 2.45) is 0 Å². The molecule has 0 radical (unpaired) electrons. The van der Waals surface area contributed by atoms with Crippen molar-refractivity contribution in [3.63, 3.8) is 0 Å². The molecule has 0 unspecified atom stereocenters. The topological polar surface area (TPSA) is 66.9 Å². The fraction of sp³-hybridized carbons (Fsp3) is 0.250. The average Bonchev–Trinajstić information content (AvgIpc) is 2.77. The first-order valence-electron chi connectivity index (χ1n) is 9.93. The van der Waals surface area contributed by atoms with Crippen molar-refractivity contribution in [3.8, 4) is 23.1 Å². The van der Waals surface area contributed by atoms with Gasteiger partial charge in [0.25, 0.3) is 0 Å². The summed E-state index contributed by atoms with van der Waals surface area (Å²) in [4.78, 5) is 15.8. The van der Waals surface area contributed by atoms with Crippen LogP contribution in [0, 0.1) is 0 Å². The van der Waals surface area contributed by atoms with Crippen LogP contribution >= 0.6 is 0 Å². The second kappa shape index (κ2) is 11.5. The Morgan fingerprint density at radius 2 is 1.57 bits per heavy atom. The number of rotatable bonds is 11. The Labute approximate surface area is 176 Å². The minimum Gasteiger partial charge on any atom is -0.494 e. The maximum atomic E-state index is 11.3. The highest BCUT2D eigenvalue weighted by molar-refractivity contribution is 5.69. The third-order valence-electron chi connectivity index (χ3n) is 4.06. The smallest absolute Gasteiger partial charge is 0.305 e. The van der Waals surface area contributed by atoms with E-state index in [1.54, 1.807) is 6.92 Å². The van der Waals surface area contributed by atoms with Gasteiger partial charge in [-0.2, -0.15) is 0 Å². The van der Waals surface area contributed by atoms with Gasteiger partial charge in [-0.05, 0) is 55.8 Å². The van der Waals surface area contributed by atoms with Crippen LogP contribution in [0.4, 0.5) is 0 Å². The molecule has 0 saturated carbocycles. The van der Waals surface area contributed by atoms with Crippen LogP contribution in [0.2, 0.25) is 0 Å². The first-order chi connectivity index (χ1) is 14.7. The number of carbonyl (C=O) groups excluding carboxylic acids is 1. The monoisotopic (exact) mass is 407 g/mol. The van der Waals surface area contributed by atoms with Crippen LogP contribution in [0.15, 0.2) is 72.8 Å². The van der Waals surface area contributed by atoms with Gasteiger partial charge in [-0.3, -0.25) is 4.79 Å². The lowest BCUT2D eigenvalue weighted by Crippen LogP contribution is -2.06. The summed E-state index contributed by atoms with van der Waals surface area (Å²) in [6.07, 6.45) is 0.971. The number of hydrogen-bond donors (Lipinski definition) is 0.